The lowest BCUT2D eigenvalue weighted by Crippen LogP contribution is -1.88. The highest BCUT2D eigenvalue weighted by atomic mass is 35.5. The summed E-state index contributed by atoms with van der Waals surface area (Å²) in [5, 5.41) is 2.12. The molecule has 1 fully saturated rings. The minimum atomic E-state index is 0.536. The van der Waals surface area contributed by atoms with Crippen molar-refractivity contribution in [1.29, 1.82) is 0 Å². The molecule has 1 aliphatic rings. The molecule has 1 nitrogen and oxygen atoms in total. The number of hydrogen-bond donors (Lipinski definition) is 0. The van der Waals surface area contributed by atoms with E-state index in [9.17, 15) is 0 Å². The molecule has 1 atom stereocenters. The zero-order chi connectivity index (χ0) is 7.68. The summed E-state index contributed by atoms with van der Waals surface area (Å²) in [5.74, 6) is 0. The first-order chi connectivity index (χ1) is 5.34. The lowest BCUT2D eigenvalue weighted by molar-refractivity contribution is 0.397. The van der Waals surface area contributed by atoms with Crippen LogP contribution in [-0.4, -0.2) is 12.7 Å². The smallest absolute Gasteiger partial charge is 0.0931 e. The summed E-state index contributed by atoms with van der Waals surface area (Å²) in [6.07, 6.45) is 2.79. The average molecular weight is 189 g/mol. The van der Waals surface area contributed by atoms with Gasteiger partial charge in [0.25, 0.3) is 0 Å². The first kappa shape index (κ1) is 7.59. The molecule has 1 aromatic rings. The zero-order valence-corrected chi connectivity index (χ0v) is 7.62. The predicted molar refractivity (Wildman–Crippen MR) is 47.4 cm³/mol. The van der Waals surface area contributed by atoms with Gasteiger partial charge in [-0.3, -0.25) is 0 Å². The van der Waals surface area contributed by atoms with Gasteiger partial charge in [0.1, 0.15) is 0 Å². The Hall–Kier alpha value is -0.0500. The SMILES string of the molecule is Clc1cc(CCC2CO2)cs1. The summed E-state index contributed by atoms with van der Waals surface area (Å²) >= 11 is 7.38. The van der Waals surface area contributed by atoms with Gasteiger partial charge < -0.3 is 4.74 Å². The summed E-state index contributed by atoms with van der Waals surface area (Å²) in [7, 11) is 0. The van der Waals surface area contributed by atoms with Crippen LogP contribution >= 0.6 is 22.9 Å². The van der Waals surface area contributed by atoms with E-state index in [4.69, 9.17) is 16.3 Å². The van der Waals surface area contributed by atoms with Crippen molar-refractivity contribution in [1.82, 2.24) is 0 Å². The van der Waals surface area contributed by atoms with Gasteiger partial charge in [-0.1, -0.05) is 11.6 Å². The first-order valence-corrected chi connectivity index (χ1v) is 4.95. The van der Waals surface area contributed by atoms with Crippen LogP contribution in [0, 0.1) is 0 Å². The third-order valence-electron chi connectivity index (χ3n) is 1.78. The number of ether oxygens (including phenoxy) is 1. The fraction of sp³-hybridized carbons (Fsp3) is 0.500. The van der Waals surface area contributed by atoms with Crippen molar-refractivity contribution in [2.45, 2.75) is 18.9 Å². The summed E-state index contributed by atoms with van der Waals surface area (Å²) < 4.78 is 5.99. The number of aryl methyl sites for hydroxylation is 1. The van der Waals surface area contributed by atoms with Crippen molar-refractivity contribution in [2.75, 3.05) is 6.61 Å². The standard InChI is InChI=1S/C8H9ClOS/c9-8-3-6(5-11-8)1-2-7-4-10-7/h3,5,7H,1-2,4H2. The van der Waals surface area contributed by atoms with Crippen LogP contribution in [0.2, 0.25) is 4.34 Å². The molecule has 3 heteroatoms. The number of hydrogen-bond acceptors (Lipinski definition) is 2. The van der Waals surface area contributed by atoms with E-state index >= 15 is 0 Å². The minimum Gasteiger partial charge on any atom is -0.373 e. The van der Waals surface area contributed by atoms with Crippen molar-refractivity contribution >= 4 is 22.9 Å². The van der Waals surface area contributed by atoms with Crippen LogP contribution in [0.3, 0.4) is 0 Å². The summed E-state index contributed by atoms with van der Waals surface area (Å²) in [6.45, 7) is 0.956. The predicted octanol–water partition coefficient (Wildman–Crippen LogP) is 2.73. The van der Waals surface area contributed by atoms with E-state index < -0.39 is 0 Å². The van der Waals surface area contributed by atoms with Gasteiger partial charge in [-0.25, -0.2) is 0 Å². The van der Waals surface area contributed by atoms with Crippen LogP contribution in [0.4, 0.5) is 0 Å². The van der Waals surface area contributed by atoms with Crippen molar-refractivity contribution < 1.29 is 4.74 Å². The van der Waals surface area contributed by atoms with E-state index in [0.717, 1.165) is 23.8 Å². The highest BCUT2D eigenvalue weighted by Gasteiger charge is 2.21. The van der Waals surface area contributed by atoms with Gasteiger partial charge in [0.15, 0.2) is 0 Å². The van der Waals surface area contributed by atoms with E-state index in [1.165, 1.54) is 5.56 Å². The molecule has 11 heavy (non-hydrogen) atoms. The van der Waals surface area contributed by atoms with Crippen LogP contribution in [0.1, 0.15) is 12.0 Å². The van der Waals surface area contributed by atoms with Crippen LogP contribution in [0.15, 0.2) is 11.4 Å². The maximum absolute atomic E-state index is 5.78. The topological polar surface area (TPSA) is 12.5 Å². The highest BCUT2D eigenvalue weighted by molar-refractivity contribution is 7.14. The molecule has 0 spiro atoms. The lowest BCUT2D eigenvalue weighted by atomic mass is 10.1. The van der Waals surface area contributed by atoms with Gasteiger partial charge in [-0.05, 0) is 29.9 Å². The van der Waals surface area contributed by atoms with Gasteiger partial charge in [0.05, 0.1) is 17.0 Å². The Kier molecular flexibility index (Phi) is 2.16. The molecule has 0 saturated carbocycles. The van der Waals surface area contributed by atoms with Crippen molar-refractivity contribution in [3.63, 3.8) is 0 Å². The molecule has 60 valence electrons. The van der Waals surface area contributed by atoms with E-state index in [1.807, 2.05) is 6.07 Å². The molecule has 0 N–H and O–H groups in total. The highest BCUT2D eigenvalue weighted by Crippen LogP contribution is 2.23. The Morgan fingerprint density at radius 2 is 2.55 bits per heavy atom. The van der Waals surface area contributed by atoms with Crippen molar-refractivity contribution in [3.05, 3.63) is 21.3 Å². The molecule has 0 radical (unpaired) electrons. The van der Waals surface area contributed by atoms with Crippen molar-refractivity contribution in [3.8, 4) is 0 Å². The molecule has 0 aliphatic carbocycles. The van der Waals surface area contributed by atoms with Crippen LogP contribution in [0.25, 0.3) is 0 Å². The summed E-state index contributed by atoms with van der Waals surface area (Å²) in [6, 6.07) is 2.04. The molecule has 2 heterocycles. The van der Waals surface area contributed by atoms with Crippen molar-refractivity contribution in [2.24, 2.45) is 0 Å². The fourth-order valence-corrected chi connectivity index (χ4v) is 1.98. The Balaban J connectivity index is 1.85. The quantitative estimate of drug-likeness (QED) is 0.665. The molecule has 2 rings (SSSR count). The molecular weight excluding hydrogens is 180 g/mol. The molecule has 0 aromatic carbocycles. The number of rotatable bonds is 3. The van der Waals surface area contributed by atoms with Gasteiger partial charge in [0.2, 0.25) is 0 Å². The summed E-state index contributed by atoms with van der Waals surface area (Å²) in [5.41, 5.74) is 1.34. The molecule has 0 bridgehead atoms. The Labute approximate surface area is 74.9 Å². The second-order valence-corrected chi connectivity index (χ2v) is 4.30. The number of halogens is 1. The van der Waals surface area contributed by atoms with E-state index in [0.29, 0.717) is 6.10 Å². The maximum Gasteiger partial charge on any atom is 0.0931 e. The lowest BCUT2D eigenvalue weighted by Gasteiger charge is -1.91. The molecule has 1 aromatic heterocycles. The fourth-order valence-electron chi connectivity index (χ4n) is 1.04. The Morgan fingerprint density at radius 3 is 3.09 bits per heavy atom. The molecule has 0 amide bonds. The number of thiophene rings is 1. The average Bonchev–Trinajstić information content (AvgIpc) is 2.72. The molecule has 1 aliphatic heterocycles. The molecule has 1 unspecified atom stereocenters. The monoisotopic (exact) mass is 188 g/mol. The van der Waals surface area contributed by atoms with Gasteiger partial charge in [-0.2, -0.15) is 0 Å². The number of epoxide rings is 1. The first-order valence-electron chi connectivity index (χ1n) is 3.69. The second kappa shape index (κ2) is 3.13. The maximum atomic E-state index is 5.78. The Morgan fingerprint density at radius 1 is 1.73 bits per heavy atom. The third kappa shape index (κ3) is 2.19. The minimum absolute atomic E-state index is 0.536. The Bertz CT molecular complexity index is 242. The summed E-state index contributed by atoms with van der Waals surface area (Å²) in [4.78, 5) is 0. The normalized spacial score (nSPS) is 22.1. The zero-order valence-electron chi connectivity index (χ0n) is 6.05. The largest absolute Gasteiger partial charge is 0.373 e. The van der Waals surface area contributed by atoms with Crippen LogP contribution < -0.4 is 0 Å². The van der Waals surface area contributed by atoms with Gasteiger partial charge in [0, 0.05) is 0 Å². The molecular formula is C8H9ClOS. The van der Waals surface area contributed by atoms with Crippen LogP contribution in [-0.2, 0) is 11.2 Å². The van der Waals surface area contributed by atoms with Crippen LogP contribution in [0.5, 0.6) is 0 Å². The third-order valence-corrected chi connectivity index (χ3v) is 2.92. The van der Waals surface area contributed by atoms with E-state index in [-0.39, 0.29) is 0 Å². The second-order valence-electron chi connectivity index (χ2n) is 2.75. The molecule has 1 saturated heterocycles. The van der Waals surface area contributed by atoms with E-state index in [2.05, 4.69) is 5.38 Å². The van der Waals surface area contributed by atoms with Gasteiger partial charge in [-0.15, -0.1) is 11.3 Å². The van der Waals surface area contributed by atoms with Gasteiger partial charge >= 0.3 is 0 Å². The van der Waals surface area contributed by atoms with E-state index in [1.54, 1.807) is 11.3 Å².